The van der Waals surface area contributed by atoms with E-state index in [2.05, 4.69) is 9.47 Å². The number of carbonyl (C=O) groups is 6. The molecule has 322 valence electrons. The van der Waals surface area contributed by atoms with Crippen molar-refractivity contribution >= 4 is 35.8 Å². The third-order valence-corrected chi connectivity index (χ3v) is 13.2. The van der Waals surface area contributed by atoms with Crippen LogP contribution in [-0.2, 0) is 57.2 Å². The van der Waals surface area contributed by atoms with Gasteiger partial charge in [0.05, 0.1) is 11.3 Å². The predicted octanol–water partition coefficient (Wildman–Crippen LogP) is 6.92. The maximum Gasteiger partial charge on any atom is 0.437 e. The van der Waals surface area contributed by atoms with Gasteiger partial charge in [-0.2, -0.15) is 17.6 Å². The highest BCUT2D eigenvalue weighted by atomic mass is 19.3. The fraction of sp³-hybridized carbons (Fsp3) is 0.854. The molecule has 1 atom stereocenters. The lowest BCUT2D eigenvalue weighted by Crippen LogP contribution is -2.55. The highest BCUT2D eigenvalue weighted by molar-refractivity contribution is 6.02. The summed E-state index contributed by atoms with van der Waals surface area (Å²) in [6, 6.07) is 0. The first-order valence-corrected chi connectivity index (χ1v) is 20.5. The summed E-state index contributed by atoms with van der Waals surface area (Å²) < 4.78 is 86.2. The Kier molecular flexibility index (Phi) is 13.6. The third-order valence-electron chi connectivity index (χ3n) is 13.2. The first-order chi connectivity index (χ1) is 26.6. The SMILES string of the molecule is CCC(C)(C)C(=O)OCCOC(=O)C(F)(F)C(=O)OC12CC3CC(CC(C3)C1)C2.CCC(C)C(=O)OCCOC(=O)C(F)(F)C(=O)OC12CC3CC(CC(C3)C1)C2. The molecule has 12 nitrogen and oxygen atoms in total. The molecular formula is C41H58F4O12. The normalized spacial score (nSPS) is 31.3. The van der Waals surface area contributed by atoms with Gasteiger partial charge in [-0.05, 0) is 139 Å². The van der Waals surface area contributed by atoms with E-state index < -0.39 is 77.5 Å². The second-order valence-electron chi connectivity index (χ2n) is 18.3. The van der Waals surface area contributed by atoms with Crippen LogP contribution in [0.1, 0.15) is 125 Å². The number of carbonyl (C=O) groups excluding carboxylic acids is 6. The monoisotopic (exact) mass is 818 g/mol. The number of ether oxygens (including phenoxy) is 6. The molecule has 0 N–H and O–H groups in total. The van der Waals surface area contributed by atoms with Crippen molar-refractivity contribution in [1.82, 2.24) is 0 Å². The lowest BCUT2D eigenvalue weighted by molar-refractivity contribution is -0.217. The third kappa shape index (κ3) is 10.4. The molecule has 16 heteroatoms. The van der Waals surface area contributed by atoms with E-state index in [9.17, 15) is 46.3 Å². The maximum absolute atomic E-state index is 14.3. The topological polar surface area (TPSA) is 158 Å². The molecule has 8 fully saturated rings. The van der Waals surface area contributed by atoms with E-state index in [0.717, 1.165) is 38.5 Å². The Morgan fingerprint density at radius 1 is 0.526 bits per heavy atom. The van der Waals surface area contributed by atoms with Crippen LogP contribution >= 0.6 is 0 Å². The van der Waals surface area contributed by atoms with E-state index >= 15 is 0 Å². The highest BCUT2D eigenvalue weighted by Gasteiger charge is 2.60. The van der Waals surface area contributed by atoms with Gasteiger partial charge in [-0.15, -0.1) is 0 Å². The Balaban J connectivity index is 0.000000218. The number of esters is 6. The molecule has 0 spiro atoms. The molecule has 8 rings (SSSR count). The van der Waals surface area contributed by atoms with E-state index in [-0.39, 0.29) is 19.1 Å². The van der Waals surface area contributed by atoms with Gasteiger partial charge in [0.25, 0.3) is 0 Å². The molecule has 0 amide bonds. The molecule has 0 aromatic heterocycles. The Bertz CT molecular complexity index is 1460. The molecule has 8 aliphatic rings. The van der Waals surface area contributed by atoms with Crippen molar-refractivity contribution < 1.29 is 74.8 Å². The number of hydrogen-bond acceptors (Lipinski definition) is 12. The van der Waals surface area contributed by atoms with E-state index in [0.29, 0.717) is 86.9 Å². The summed E-state index contributed by atoms with van der Waals surface area (Å²) in [6.45, 7) is 6.89. The van der Waals surface area contributed by atoms with Gasteiger partial charge in [0, 0.05) is 0 Å². The van der Waals surface area contributed by atoms with Crippen LogP contribution in [0.4, 0.5) is 17.6 Å². The minimum atomic E-state index is -4.38. The molecule has 0 heterocycles. The van der Waals surface area contributed by atoms with Gasteiger partial charge in [-0.1, -0.05) is 20.8 Å². The largest absolute Gasteiger partial charge is 0.462 e. The Hall–Kier alpha value is -3.46. The van der Waals surface area contributed by atoms with Crippen molar-refractivity contribution in [3.63, 3.8) is 0 Å². The average Bonchev–Trinajstić information content (AvgIpc) is 3.12. The van der Waals surface area contributed by atoms with Crippen molar-refractivity contribution in [2.24, 2.45) is 46.8 Å². The molecule has 57 heavy (non-hydrogen) atoms. The van der Waals surface area contributed by atoms with Crippen molar-refractivity contribution in [2.75, 3.05) is 26.4 Å². The van der Waals surface area contributed by atoms with Gasteiger partial charge < -0.3 is 28.4 Å². The molecule has 0 radical (unpaired) electrons. The molecule has 0 aliphatic heterocycles. The summed E-state index contributed by atoms with van der Waals surface area (Å²) in [6.07, 6.45) is 11.1. The van der Waals surface area contributed by atoms with Crippen LogP contribution in [0.25, 0.3) is 0 Å². The van der Waals surface area contributed by atoms with Crippen LogP contribution in [0.15, 0.2) is 0 Å². The first-order valence-electron chi connectivity index (χ1n) is 20.5. The Labute approximate surface area is 331 Å². The van der Waals surface area contributed by atoms with Crippen molar-refractivity contribution in [2.45, 2.75) is 148 Å². The number of hydrogen-bond donors (Lipinski definition) is 0. The second-order valence-corrected chi connectivity index (χ2v) is 18.3. The quantitative estimate of drug-likeness (QED) is 0.0521. The van der Waals surface area contributed by atoms with E-state index in [4.69, 9.17) is 18.9 Å². The lowest BCUT2D eigenvalue weighted by atomic mass is 9.54. The molecule has 0 saturated heterocycles. The van der Waals surface area contributed by atoms with Gasteiger partial charge >= 0.3 is 47.7 Å². The number of alkyl halides is 4. The van der Waals surface area contributed by atoms with Crippen molar-refractivity contribution in [3.8, 4) is 0 Å². The van der Waals surface area contributed by atoms with E-state index in [1.54, 1.807) is 20.8 Å². The molecule has 8 aliphatic carbocycles. The van der Waals surface area contributed by atoms with E-state index in [1.165, 1.54) is 0 Å². The molecular weight excluding hydrogens is 760 g/mol. The van der Waals surface area contributed by atoms with Crippen LogP contribution in [-0.4, -0.2) is 85.3 Å². The van der Waals surface area contributed by atoms with Gasteiger partial charge in [0.2, 0.25) is 0 Å². The van der Waals surface area contributed by atoms with Crippen LogP contribution in [0.3, 0.4) is 0 Å². The van der Waals surface area contributed by atoms with Gasteiger partial charge in [0.1, 0.15) is 37.6 Å². The Morgan fingerprint density at radius 3 is 1.12 bits per heavy atom. The number of rotatable bonds is 16. The molecule has 8 bridgehead atoms. The predicted molar refractivity (Wildman–Crippen MR) is 191 cm³/mol. The fourth-order valence-corrected chi connectivity index (χ4v) is 10.4. The highest BCUT2D eigenvalue weighted by Crippen LogP contribution is 2.58. The summed E-state index contributed by atoms with van der Waals surface area (Å²) in [4.78, 5) is 71.0. The summed E-state index contributed by atoms with van der Waals surface area (Å²) in [7, 11) is 0. The van der Waals surface area contributed by atoms with E-state index in [1.807, 2.05) is 13.8 Å². The lowest BCUT2D eigenvalue weighted by Gasteiger charge is -2.55. The van der Waals surface area contributed by atoms with Crippen molar-refractivity contribution in [1.29, 1.82) is 0 Å². The minimum Gasteiger partial charge on any atom is -0.462 e. The zero-order chi connectivity index (χ0) is 42.0. The molecule has 8 saturated carbocycles. The zero-order valence-corrected chi connectivity index (χ0v) is 33.7. The summed E-state index contributed by atoms with van der Waals surface area (Å²) in [5.74, 6) is -15.2. The second kappa shape index (κ2) is 17.4. The fourth-order valence-electron chi connectivity index (χ4n) is 10.4. The maximum atomic E-state index is 14.3. The van der Waals surface area contributed by atoms with Crippen LogP contribution in [0.2, 0.25) is 0 Å². The van der Waals surface area contributed by atoms with Gasteiger partial charge in [-0.3, -0.25) is 9.59 Å². The smallest absolute Gasteiger partial charge is 0.437 e. The molecule has 1 unspecified atom stereocenters. The summed E-state index contributed by atoms with van der Waals surface area (Å²) in [5, 5.41) is 0. The molecule has 0 aromatic carbocycles. The summed E-state index contributed by atoms with van der Waals surface area (Å²) in [5.41, 5.74) is -2.44. The van der Waals surface area contributed by atoms with Crippen LogP contribution < -0.4 is 0 Å². The number of halogens is 4. The average molecular weight is 819 g/mol. The minimum absolute atomic E-state index is 0.326. The van der Waals surface area contributed by atoms with Crippen LogP contribution in [0, 0.1) is 46.8 Å². The van der Waals surface area contributed by atoms with Gasteiger partial charge in [0.15, 0.2) is 0 Å². The standard InChI is InChI=1S/C21H30F2O6.C20H28F2O6/c1-4-19(2,3)16(24)27-5-6-28-17(25)21(22,23)18(26)29-20-10-13-7-14(11-20)9-15(8-13)12-20;1-3-12(2)16(23)26-4-5-27-17(24)20(21,22)18(25)28-19-9-13-6-14(10-19)8-15(7-13)11-19/h13-15H,4-12H2,1-3H3;12-15H,3-11H2,1-2H3. The van der Waals surface area contributed by atoms with Crippen molar-refractivity contribution in [3.05, 3.63) is 0 Å². The van der Waals surface area contributed by atoms with Gasteiger partial charge in [-0.25, -0.2) is 19.2 Å². The Morgan fingerprint density at radius 2 is 0.825 bits per heavy atom. The van der Waals surface area contributed by atoms with Crippen LogP contribution in [0.5, 0.6) is 0 Å². The summed E-state index contributed by atoms with van der Waals surface area (Å²) >= 11 is 0. The first kappa shape index (κ1) is 44.6. The molecule has 0 aromatic rings. The zero-order valence-electron chi connectivity index (χ0n) is 33.7.